The van der Waals surface area contributed by atoms with Crippen molar-refractivity contribution in [1.29, 1.82) is 5.26 Å². The van der Waals surface area contributed by atoms with Crippen LogP contribution >= 0.6 is 11.8 Å². The van der Waals surface area contributed by atoms with Crippen LogP contribution in [0.4, 0.5) is 0 Å². The van der Waals surface area contributed by atoms with E-state index in [1.54, 1.807) is 0 Å². The number of aryl methyl sites for hydroxylation is 2. The molecule has 2 aromatic rings. The highest BCUT2D eigenvalue weighted by Crippen LogP contribution is 2.24. The minimum atomic E-state index is -1.12. The lowest BCUT2D eigenvalue weighted by Gasteiger charge is -2.12. The molecule has 2 atom stereocenters. The van der Waals surface area contributed by atoms with Crippen molar-refractivity contribution in [2.75, 3.05) is 11.5 Å². The Bertz CT molecular complexity index is 758. The Morgan fingerprint density at radius 3 is 2.71 bits per heavy atom. The predicted molar refractivity (Wildman–Crippen MR) is 98.3 cm³/mol. The van der Waals surface area contributed by atoms with Crippen molar-refractivity contribution in [3.63, 3.8) is 0 Å². The summed E-state index contributed by atoms with van der Waals surface area (Å²) in [6.45, 7) is 3.76. The van der Waals surface area contributed by atoms with Gasteiger partial charge < -0.3 is 5.11 Å². The number of benzene rings is 1. The summed E-state index contributed by atoms with van der Waals surface area (Å²) in [7, 11) is -1.12. The van der Waals surface area contributed by atoms with Crippen LogP contribution in [0, 0.1) is 25.2 Å². The minimum Gasteiger partial charge on any atom is -0.391 e. The van der Waals surface area contributed by atoms with Gasteiger partial charge in [-0.15, -0.1) is 11.8 Å². The Balaban J connectivity index is 1.91. The molecule has 1 aromatic heterocycles. The van der Waals surface area contributed by atoms with E-state index in [4.69, 9.17) is 0 Å². The van der Waals surface area contributed by atoms with Gasteiger partial charge in [-0.2, -0.15) is 5.26 Å². The molecule has 1 heterocycles. The summed E-state index contributed by atoms with van der Waals surface area (Å²) in [5.74, 6) is 1.02. The van der Waals surface area contributed by atoms with Crippen LogP contribution in [0.25, 0.3) is 0 Å². The third-order valence-corrected chi connectivity index (χ3v) is 5.92. The Morgan fingerprint density at radius 2 is 2.04 bits per heavy atom. The number of thioether (sulfide) groups is 1. The van der Waals surface area contributed by atoms with Crippen LogP contribution in [0.1, 0.15) is 22.4 Å². The zero-order chi connectivity index (χ0) is 17.5. The largest absolute Gasteiger partial charge is 0.391 e. The van der Waals surface area contributed by atoms with Crippen LogP contribution in [0.3, 0.4) is 0 Å². The molecule has 0 spiro atoms. The fourth-order valence-corrected chi connectivity index (χ4v) is 4.71. The Hall–Kier alpha value is -1.68. The first-order valence-electron chi connectivity index (χ1n) is 7.57. The van der Waals surface area contributed by atoms with Gasteiger partial charge in [0.15, 0.2) is 0 Å². The highest BCUT2D eigenvalue weighted by Gasteiger charge is 2.14. The summed E-state index contributed by atoms with van der Waals surface area (Å²) in [5, 5.41) is 20.0. The maximum atomic E-state index is 12.1. The number of pyridine rings is 1. The van der Waals surface area contributed by atoms with E-state index in [1.807, 2.05) is 50.2 Å². The Kier molecular flexibility index (Phi) is 6.98. The molecule has 1 N–H and O–H groups in total. The summed E-state index contributed by atoms with van der Waals surface area (Å²) < 4.78 is 12.1. The molecule has 1 aromatic carbocycles. The van der Waals surface area contributed by atoms with E-state index in [9.17, 15) is 14.6 Å². The predicted octanol–water partition coefficient (Wildman–Crippen LogP) is 2.97. The molecule has 0 bridgehead atoms. The SMILES string of the molecule is Cc1cc(C)c(C#N)c(SC[C@H](O)C[S@](=O)Cc2ccccc2)n1. The molecule has 126 valence electrons. The van der Waals surface area contributed by atoms with Crippen LogP contribution < -0.4 is 0 Å². The van der Waals surface area contributed by atoms with Crippen molar-refractivity contribution in [3.8, 4) is 6.07 Å². The summed E-state index contributed by atoms with van der Waals surface area (Å²) >= 11 is 1.34. The molecule has 0 fully saturated rings. The van der Waals surface area contributed by atoms with Crippen molar-refractivity contribution in [1.82, 2.24) is 4.98 Å². The van der Waals surface area contributed by atoms with Crippen molar-refractivity contribution in [2.24, 2.45) is 0 Å². The average Bonchev–Trinajstić information content (AvgIpc) is 2.53. The molecule has 24 heavy (non-hydrogen) atoms. The van der Waals surface area contributed by atoms with Gasteiger partial charge in [-0.3, -0.25) is 4.21 Å². The van der Waals surface area contributed by atoms with E-state index in [0.717, 1.165) is 16.8 Å². The molecule has 0 saturated heterocycles. The van der Waals surface area contributed by atoms with E-state index in [0.29, 0.717) is 22.1 Å². The van der Waals surface area contributed by atoms with Gasteiger partial charge in [0, 0.05) is 28.0 Å². The van der Waals surface area contributed by atoms with Crippen LogP contribution in [0.15, 0.2) is 41.4 Å². The van der Waals surface area contributed by atoms with Crippen molar-refractivity contribution in [2.45, 2.75) is 30.7 Å². The molecule has 0 aliphatic rings. The number of nitrogens with zero attached hydrogens (tertiary/aromatic N) is 2. The van der Waals surface area contributed by atoms with Gasteiger partial charge >= 0.3 is 0 Å². The molecule has 0 radical (unpaired) electrons. The number of aliphatic hydroxyl groups is 1. The lowest BCUT2D eigenvalue weighted by molar-refractivity contribution is 0.224. The van der Waals surface area contributed by atoms with Gasteiger partial charge in [-0.05, 0) is 31.0 Å². The monoisotopic (exact) mass is 360 g/mol. The first-order valence-corrected chi connectivity index (χ1v) is 10.0. The van der Waals surface area contributed by atoms with Crippen molar-refractivity contribution >= 4 is 22.6 Å². The summed E-state index contributed by atoms with van der Waals surface area (Å²) in [6, 6.07) is 13.6. The fourth-order valence-electron chi connectivity index (χ4n) is 2.30. The maximum absolute atomic E-state index is 12.1. The van der Waals surface area contributed by atoms with Gasteiger partial charge in [0.25, 0.3) is 0 Å². The van der Waals surface area contributed by atoms with E-state index in [2.05, 4.69) is 11.1 Å². The fraction of sp³-hybridized carbons (Fsp3) is 0.333. The minimum absolute atomic E-state index is 0.217. The van der Waals surface area contributed by atoms with Crippen molar-refractivity contribution < 1.29 is 9.32 Å². The van der Waals surface area contributed by atoms with Crippen LogP contribution in [-0.2, 0) is 16.6 Å². The quantitative estimate of drug-likeness (QED) is 0.769. The maximum Gasteiger partial charge on any atom is 0.114 e. The van der Waals surface area contributed by atoms with Crippen LogP contribution in [0.5, 0.6) is 0 Å². The number of rotatable bonds is 7. The van der Waals surface area contributed by atoms with Crippen LogP contribution in [0.2, 0.25) is 0 Å². The van der Waals surface area contributed by atoms with Gasteiger partial charge in [-0.1, -0.05) is 30.3 Å². The van der Waals surface area contributed by atoms with Crippen molar-refractivity contribution in [3.05, 3.63) is 58.8 Å². The second-order valence-electron chi connectivity index (χ2n) is 5.57. The summed E-state index contributed by atoms with van der Waals surface area (Å²) in [4.78, 5) is 4.38. The Labute approximate surface area is 149 Å². The van der Waals surface area contributed by atoms with E-state index in [-0.39, 0.29) is 5.75 Å². The molecular weight excluding hydrogens is 340 g/mol. The molecule has 2 rings (SSSR count). The number of aliphatic hydroxyl groups excluding tert-OH is 1. The first kappa shape index (κ1) is 18.7. The number of nitriles is 1. The smallest absolute Gasteiger partial charge is 0.114 e. The van der Waals surface area contributed by atoms with E-state index < -0.39 is 16.9 Å². The molecule has 6 heteroatoms. The lowest BCUT2D eigenvalue weighted by atomic mass is 10.1. The molecule has 0 aliphatic heterocycles. The van der Waals surface area contributed by atoms with Crippen LogP contribution in [-0.4, -0.2) is 31.9 Å². The lowest BCUT2D eigenvalue weighted by Crippen LogP contribution is -2.20. The first-order chi connectivity index (χ1) is 11.5. The molecule has 0 saturated carbocycles. The number of hydrogen-bond donors (Lipinski definition) is 1. The Morgan fingerprint density at radius 1 is 1.33 bits per heavy atom. The van der Waals surface area contributed by atoms with E-state index >= 15 is 0 Å². The number of aromatic nitrogens is 1. The topological polar surface area (TPSA) is 74.0 Å². The van der Waals surface area contributed by atoms with Gasteiger partial charge in [0.2, 0.25) is 0 Å². The number of hydrogen-bond acceptors (Lipinski definition) is 5. The summed E-state index contributed by atoms with van der Waals surface area (Å²) in [5.41, 5.74) is 3.27. The highest BCUT2D eigenvalue weighted by atomic mass is 32.2. The standard InChI is InChI=1S/C18H20N2O2S2/c1-13-8-14(2)20-18(17(13)9-19)23-10-16(21)12-24(22)11-15-6-4-3-5-7-15/h3-8,16,21H,10-12H2,1-2H3/t16-,24+/m0/s1. The molecule has 0 amide bonds. The average molecular weight is 361 g/mol. The van der Waals surface area contributed by atoms with E-state index in [1.165, 1.54) is 11.8 Å². The van der Waals surface area contributed by atoms with Gasteiger partial charge in [-0.25, -0.2) is 4.98 Å². The molecule has 0 unspecified atom stereocenters. The zero-order valence-corrected chi connectivity index (χ0v) is 15.4. The molecule has 4 nitrogen and oxygen atoms in total. The molecule has 0 aliphatic carbocycles. The second-order valence-corrected chi connectivity index (χ2v) is 8.08. The third kappa shape index (κ3) is 5.45. The van der Waals surface area contributed by atoms with Gasteiger partial charge in [0.1, 0.15) is 11.1 Å². The molecular formula is C18H20N2O2S2. The normalized spacial score (nSPS) is 13.2. The highest BCUT2D eigenvalue weighted by molar-refractivity contribution is 7.99. The zero-order valence-electron chi connectivity index (χ0n) is 13.7. The summed E-state index contributed by atoms with van der Waals surface area (Å²) in [6.07, 6.45) is -0.700. The second kappa shape index (κ2) is 8.97. The van der Waals surface area contributed by atoms with Gasteiger partial charge in [0.05, 0.1) is 17.4 Å². The third-order valence-electron chi connectivity index (χ3n) is 3.38.